The molecule has 0 aliphatic carbocycles. The molecule has 0 aliphatic rings. The van der Waals surface area contributed by atoms with Crippen molar-refractivity contribution in [2.45, 2.75) is 19.9 Å². The van der Waals surface area contributed by atoms with Crippen LogP contribution < -0.4 is 16.6 Å². The van der Waals surface area contributed by atoms with Gasteiger partial charge in [0, 0.05) is 28.9 Å². The van der Waals surface area contributed by atoms with Gasteiger partial charge in [-0.3, -0.25) is 19.1 Å². The Balaban J connectivity index is 1.60. The maximum Gasteiger partial charge on any atom is 0.274 e. The number of fused-ring (bicyclic) bond motifs is 1. The van der Waals surface area contributed by atoms with E-state index in [0.29, 0.717) is 44.9 Å². The number of nitrogens with two attached hydrogens (primary N) is 1. The summed E-state index contributed by atoms with van der Waals surface area (Å²) in [5.41, 5.74) is 10.6. The maximum absolute atomic E-state index is 14.2. The predicted molar refractivity (Wildman–Crippen MR) is 169 cm³/mol. The van der Waals surface area contributed by atoms with Crippen LogP contribution in [-0.2, 0) is 4.79 Å². The zero-order valence-corrected chi connectivity index (χ0v) is 24.2. The molecule has 0 unspecified atom stereocenters. The Morgan fingerprint density at radius 2 is 1.93 bits per heavy atom. The van der Waals surface area contributed by atoms with Gasteiger partial charge in [-0.2, -0.15) is 0 Å². The van der Waals surface area contributed by atoms with E-state index in [0.717, 1.165) is 0 Å². The van der Waals surface area contributed by atoms with Crippen LogP contribution in [0.25, 0.3) is 16.6 Å². The van der Waals surface area contributed by atoms with Gasteiger partial charge in [0.05, 0.1) is 39.5 Å². The van der Waals surface area contributed by atoms with Crippen LogP contribution >= 0.6 is 11.3 Å². The molecule has 5 rings (SSSR count). The average molecular weight is 587 g/mol. The van der Waals surface area contributed by atoms with Gasteiger partial charge in [0.2, 0.25) is 0 Å². The minimum absolute atomic E-state index is 0.130. The molecule has 11 heteroatoms. The summed E-state index contributed by atoms with van der Waals surface area (Å²) in [5.74, 6) is 5.70. The van der Waals surface area contributed by atoms with Gasteiger partial charge in [0.1, 0.15) is 5.82 Å². The first-order chi connectivity index (χ1) is 20.9. The topological polar surface area (TPSA) is 141 Å². The zero-order valence-electron chi connectivity index (χ0n) is 23.4. The molecule has 3 N–H and O–H groups in total. The standard InChI is InChI=1S/C32H26N8O2S/c1-20(26-18-43-19-36-26)37-28(29(33)34-3)31(41)38-21(2)30-39-25-13-7-10-23(15-14-22-9-8-16-35-17-22)27(25)32(42)40(30)24-11-5-4-6-12-24/h4-13,16-19,21H,3,33H2,1-2H3,(H,38,41)/b29-28-,37-20?/t21-/m0/s1. The van der Waals surface area contributed by atoms with Crippen molar-refractivity contribution in [3.05, 3.63) is 128 Å². The Bertz CT molecular complexity index is 1990. The predicted octanol–water partition coefficient (Wildman–Crippen LogP) is 4.15. The molecule has 1 amide bonds. The molecule has 0 saturated carbocycles. The zero-order chi connectivity index (χ0) is 30.3. The van der Waals surface area contributed by atoms with Crippen LogP contribution in [0.4, 0.5) is 0 Å². The van der Waals surface area contributed by atoms with E-state index in [-0.39, 0.29) is 17.1 Å². The van der Waals surface area contributed by atoms with Crippen LogP contribution in [-0.4, -0.2) is 37.9 Å². The summed E-state index contributed by atoms with van der Waals surface area (Å²) < 4.78 is 1.48. The van der Waals surface area contributed by atoms with Gasteiger partial charge in [0.15, 0.2) is 11.5 Å². The van der Waals surface area contributed by atoms with E-state index < -0.39 is 11.9 Å². The molecular weight excluding hydrogens is 560 g/mol. The fourth-order valence-corrected chi connectivity index (χ4v) is 4.89. The molecule has 3 aromatic heterocycles. The van der Waals surface area contributed by atoms with Crippen LogP contribution in [0.15, 0.2) is 110 Å². The van der Waals surface area contributed by atoms with Crippen molar-refractivity contribution in [2.75, 3.05) is 0 Å². The lowest BCUT2D eigenvalue weighted by molar-refractivity contribution is -0.118. The molecule has 0 bridgehead atoms. The van der Waals surface area contributed by atoms with Gasteiger partial charge < -0.3 is 11.1 Å². The van der Waals surface area contributed by atoms with E-state index >= 15 is 0 Å². The van der Waals surface area contributed by atoms with Crippen LogP contribution in [0.2, 0.25) is 0 Å². The molecule has 1 atom stereocenters. The second-order valence-corrected chi connectivity index (χ2v) is 10.0. The van der Waals surface area contributed by atoms with Crippen molar-refractivity contribution in [1.82, 2.24) is 24.8 Å². The fourth-order valence-electron chi connectivity index (χ4n) is 4.29. The number of nitrogens with one attached hydrogen (secondary N) is 1. The number of aromatic nitrogens is 4. The Morgan fingerprint density at radius 3 is 2.63 bits per heavy atom. The van der Waals surface area contributed by atoms with Crippen molar-refractivity contribution in [2.24, 2.45) is 15.7 Å². The number of carbonyl (C=O) groups is 1. The summed E-state index contributed by atoms with van der Waals surface area (Å²) in [4.78, 5) is 49.0. The molecule has 5 aromatic rings. The van der Waals surface area contributed by atoms with Crippen LogP contribution in [0.5, 0.6) is 0 Å². The lowest BCUT2D eigenvalue weighted by Gasteiger charge is -2.20. The molecule has 43 heavy (non-hydrogen) atoms. The van der Waals surface area contributed by atoms with Gasteiger partial charge >= 0.3 is 0 Å². The number of hydrogen-bond acceptors (Lipinski definition) is 9. The van der Waals surface area contributed by atoms with Crippen LogP contribution in [0, 0.1) is 11.8 Å². The van der Waals surface area contributed by atoms with Gasteiger partial charge in [-0.25, -0.2) is 20.0 Å². The Kier molecular flexibility index (Phi) is 8.60. The number of rotatable bonds is 7. The fraction of sp³-hybridized carbons (Fsp3) is 0.0938. The molecule has 0 saturated heterocycles. The average Bonchev–Trinajstić information content (AvgIpc) is 3.58. The second-order valence-electron chi connectivity index (χ2n) is 9.30. The minimum atomic E-state index is -0.752. The van der Waals surface area contributed by atoms with Crippen molar-refractivity contribution in [3.8, 4) is 17.5 Å². The summed E-state index contributed by atoms with van der Waals surface area (Å²) >= 11 is 1.40. The number of nitrogens with zero attached hydrogens (tertiary/aromatic N) is 6. The SMILES string of the molecule is C=N/C(N)=C(\N=C(C)c1cscn1)C(=O)N[C@@H](C)c1nc2cccc(C#Cc3cccnc3)c2c(=O)n1-c1ccccc1. The van der Waals surface area contributed by atoms with Gasteiger partial charge in [-0.05, 0) is 57.0 Å². The molecule has 0 spiro atoms. The monoisotopic (exact) mass is 586 g/mol. The van der Waals surface area contributed by atoms with E-state index in [1.807, 2.05) is 24.3 Å². The summed E-state index contributed by atoms with van der Waals surface area (Å²) in [6.45, 7) is 6.89. The number of aliphatic imine (C=N–C) groups is 2. The molecule has 212 valence electrons. The second kappa shape index (κ2) is 12.8. The number of hydrogen-bond donors (Lipinski definition) is 2. The van der Waals surface area contributed by atoms with Gasteiger partial charge in [-0.15, -0.1) is 11.3 Å². The molecular formula is C32H26N8O2S. The first kappa shape index (κ1) is 28.8. The summed E-state index contributed by atoms with van der Waals surface area (Å²) in [6, 6.07) is 17.3. The number of pyridine rings is 1. The number of thiazole rings is 1. The van der Waals surface area contributed by atoms with Gasteiger partial charge in [0.25, 0.3) is 11.5 Å². The maximum atomic E-state index is 14.2. The highest BCUT2D eigenvalue weighted by Gasteiger charge is 2.23. The lowest BCUT2D eigenvalue weighted by Crippen LogP contribution is -2.34. The normalized spacial score (nSPS) is 12.6. The third-order valence-corrected chi connectivity index (χ3v) is 6.97. The highest BCUT2D eigenvalue weighted by Crippen LogP contribution is 2.21. The summed E-state index contributed by atoms with van der Waals surface area (Å²) in [6.07, 6.45) is 3.32. The summed E-state index contributed by atoms with van der Waals surface area (Å²) in [5, 5.41) is 5.04. The van der Waals surface area contributed by atoms with Crippen molar-refractivity contribution in [3.63, 3.8) is 0 Å². The highest BCUT2D eigenvalue weighted by atomic mass is 32.1. The molecule has 10 nitrogen and oxygen atoms in total. The number of benzene rings is 2. The van der Waals surface area contributed by atoms with E-state index in [1.54, 1.807) is 73.5 Å². The third-order valence-electron chi connectivity index (χ3n) is 6.39. The Morgan fingerprint density at radius 1 is 1.12 bits per heavy atom. The third kappa shape index (κ3) is 6.29. The summed E-state index contributed by atoms with van der Waals surface area (Å²) in [7, 11) is 0. The quantitative estimate of drug-likeness (QED) is 0.167. The molecule has 2 aromatic carbocycles. The highest BCUT2D eigenvalue weighted by molar-refractivity contribution is 7.07. The first-order valence-electron chi connectivity index (χ1n) is 13.1. The van der Waals surface area contributed by atoms with E-state index in [2.05, 4.69) is 43.8 Å². The minimum Gasteiger partial charge on any atom is -0.382 e. The van der Waals surface area contributed by atoms with Gasteiger partial charge in [-0.1, -0.05) is 36.1 Å². The number of para-hydroxylation sites is 1. The van der Waals surface area contributed by atoms with E-state index in [4.69, 9.17) is 10.7 Å². The van der Waals surface area contributed by atoms with Crippen molar-refractivity contribution >= 4 is 40.6 Å². The largest absolute Gasteiger partial charge is 0.382 e. The van der Waals surface area contributed by atoms with E-state index in [9.17, 15) is 9.59 Å². The van der Waals surface area contributed by atoms with Crippen molar-refractivity contribution < 1.29 is 4.79 Å². The number of amides is 1. The van der Waals surface area contributed by atoms with Crippen LogP contribution in [0.1, 0.15) is 42.5 Å². The lowest BCUT2D eigenvalue weighted by atomic mass is 10.1. The Hall–Kier alpha value is -5.73. The van der Waals surface area contributed by atoms with Crippen molar-refractivity contribution in [1.29, 1.82) is 0 Å². The molecule has 0 radical (unpaired) electrons. The van der Waals surface area contributed by atoms with E-state index in [1.165, 1.54) is 15.9 Å². The Labute approximate surface area is 251 Å². The number of carbonyl (C=O) groups excluding carboxylic acids is 1. The molecule has 0 aliphatic heterocycles. The molecule has 0 fully saturated rings. The first-order valence-corrected chi connectivity index (χ1v) is 14.1. The smallest absolute Gasteiger partial charge is 0.274 e. The van der Waals surface area contributed by atoms with Crippen LogP contribution in [0.3, 0.4) is 0 Å². The molecule has 3 heterocycles.